The molecule has 3 aromatic rings. The SMILES string of the molecule is COc1ccccc1NC(=O)c1c(NCCO)cccc1S(=O)(=O)c1ccc(C)cc1. The van der Waals surface area contributed by atoms with E-state index in [1.165, 1.54) is 25.3 Å². The van der Waals surface area contributed by atoms with Gasteiger partial charge in [0, 0.05) is 12.2 Å². The average Bonchev–Trinajstić information content (AvgIpc) is 2.78. The van der Waals surface area contributed by atoms with Gasteiger partial charge in [-0.25, -0.2) is 8.42 Å². The van der Waals surface area contributed by atoms with E-state index in [1.54, 1.807) is 48.5 Å². The number of para-hydroxylation sites is 2. The maximum absolute atomic E-state index is 13.4. The summed E-state index contributed by atoms with van der Waals surface area (Å²) in [5.74, 6) is -0.171. The van der Waals surface area contributed by atoms with Gasteiger partial charge in [0.1, 0.15) is 5.75 Å². The van der Waals surface area contributed by atoms with Crippen molar-refractivity contribution in [3.8, 4) is 5.75 Å². The van der Waals surface area contributed by atoms with Crippen molar-refractivity contribution in [3.63, 3.8) is 0 Å². The Labute approximate surface area is 181 Å². The van der Waals surface area contributed by atoms with Crippen LogP contribution in [0.4, 0.5) is 11.4 Å². The third kappa shape index (κ3) is 4.87. The molecule has 0 aromatic heterocycles. The van der Waals surface area contributed by atoms with Crippen LogP contribution in [0, 0.1) is 6.92 Å². The second kappa shape index (κ2) is 9.63. The van der Waals surface area contributed by atoms with Gasteiger partial charge in [-0.1, -0.05) is 35.9 Å². The van der Waals surface area contributed by atoms with Crippen molar-refractivity contribution in [1.29, 1.82) is 0 Å². The van der Waals surface area contributed by atoms with E-state index in [1.807, 2.05) is 6.92 Å². The summed E-state index contributed by atoms with van der Waals surface area (Å²) in [5.41, 5.74) is 1.59. The molecule has 1 amide bonds. The van der Waals surface area contributed by atoms with E-state index in [9.17, 15) is 18.3 Å². The molecular weight excluding hydrogens is 416 g/mol. The van der Waals surface area contributed by atoms with Gasteiger partial charge < -0.3 is 20.5 Å². The minimum atomic E-state index is -3.98. The van der Waals surface area contributed by atoms with Crippen molar-refractivity contribution in [1.82, 2.24) is 0 Å². The molecule has 3 rings (SSSR count). The first-order valence-corrected chi connectivity index (χ1v) is 11.1. The molecule has 0 radical (unpaired) electrons. The highest BCUT2D eigenvalue weighted by Gasteiger charge is 2.27. The van der Waals surface area contributed by atoms with E-state index in [4.69, 9.17) is 4.74 Å². The molecule has 0 bridgehead atoms. The molecule has 31 heavy (non-hydrogen) atoms. The number of carbonyl (C=O) groups excluding carboxylic acids is 1. The smallest absolute Gasteiger partial charge is 0.259 e. The summed E-state index contributed by atoms with van der Waals surface area (Å²) in [7, 11) is -2.50. The Bertz CT molecular complexity index is 1170. The minimum absolute atomic E-state index is 0.0394. The zero-order valence-corrected chi connectivity index (χ0v) is 18.1. The number of carbonyl (C=O) groups is 1. The average molecular weight is 441 g/mol. The van der Waals surface area contributed by atoms with Crippen LogP contribution in [0.5, 0.6) is 5.75 Å². The Kier molecular flexibility index (Phi) is 6.94. The third-order valence-corrected chi connectivity index (χ3v) is 6.47. The Morgan fingerprint density at radius 1 is 0.968 bits per heavy atom. The van der Waals surface area contributed by atoms with E-state index in [0.29, 0.717) is 17.1 Å². The first kappa shape index (κ1) is 22.3. The molecule has 0 fully saturated rings. The minimum Gasteiger partial charge on any atom is -0.495 e. The molecular formula is C23H24N2O5S. The Balaban J connectivity index is 2.12. The van der Waals surface area contributed by atoms with Gasteiger partial charge in [0.05, 0.1) is 34.8 Å². The van der Waals surface area contributed by atoms with Gasteiger partial charge in [0.25, 0.3) is 5.91 Å². The van der Waals surface area contributed by atoms with E-state index in [0.717, 1.165) is 5.56 Å². The normalized spacial score (nSPS) is 11.1. The van der Waals surface area contributed by atoms with Crippen LogP contribution in [0.3, 0.4) is 0 Å². The van der Waals surface area contributed by atoms with Gasteiger partial charge in [-0.05, 0) is 43.3 Å². The summed E-state index contributed by atoms with van der Waals surface area (Å²) in [6.07, 6.45) is 0. The number of aliphatic hydroxyl groups is 1. The molecule has 0 saturated heterocycles. The number of anilines is 2. The number of aryl methyl sites for hydroxylation is 1. The van der Waals surface area contributed by atoms with E-state index in [-0.39, 0.29) is 28.5 Å². The standard InChI is InChI=1S/C23H24N2O5S/c1-16-10-12-17(13-11-16)31(28,29)21-9-5-7-19(24-14-15-26)22(21)23(27)25-18-6-3-4-8-20(18)30-2/h3-13,24,26H,14-15H2,1-2H3,(H,25,27). The molecule has 3 aromatic carbocycles. The first-order valence-electron chi connectivity index (χ1n) is 9.62. The Hall–Kier alpha value is -3.36. The van der Waals surface area contributed by atoms with Crippen molar-refractivity contribution in [2.45, 2.75) is 16.7 Å². The summed E-state index contributed by atoms with van der Waals surface area (Å²) < 4.78 is 32.1. The first-order chi connectivity index (χ1) is 14.9. The number of methoxy groups -OCH3 is 1. The van der Waals surface area contributed by atoms with Crippen LogP contribution in [0.2, 0.25) is 0 Å². The van der Waals surface area contributed by atoms with Gasteiger partial charge in [-0.15, -0.1) is 0 Å². The molecule has 7 nitrogen and oxygen atoms in total. The van der Waals surface area contributed by atoms with Crippen LogP contribution >= 0.6 is 0 Å². The lowest BCUT2D eigenvalue weighted by molar-refractivity contribution is 0.102. The maximum Gasteiger partial charge on any atom is 0.259 e. The Morgan fingerprint density at radius 2 is 1.65 bits per heavy atom. The number of nitrogens with one attached hydrogen (secondary N) is 2. The summed E-state index contributed by atoms with van der Waals surface area (Å²) in [4.78, 5) is 13.2. The number of rotatable bonds is 8. The fraction of sp³-hybridized carbons (Fsp3) is 0.174. The van der Waals surface area contributed by atoms with Gasteiger partial charge >= 0.3 is 0 Å². The van der Waals surface area contributed by atoms with Crippen LogP contribution in [0.25, 0.3) is 0 Å². The molecule has 0 atom stereocenters. The predicted octanol–water partition coefficient (Wildman–Crippen LogP) is 3.49. The third-order valence-electron chi connectivity index (χ3n) is 4.66. The van der Waals surface area contributed by atoms with Gasteiger partial charge in [-0.3, -0.25) is 4.79 Å². The molecule has 0 unspecified atom stereocenters. The van der Waals surface area contributed by atoms with E-state index < -0.39 is 15.7 Å². The summed E-state index contributed by atoms with van der Waals surface area (Å²) in [6.45, 7) is 1.84. The highest BCUT2D eigenvalue weighted by atomic mass is 32.2. The lowest BCUT2D eigenvalue weighted by Gasteiger charge is -2.17. The fourth-order valence-corrected chi connectivity index (χ4v) is 4.58. The van der Waals surface area contributed by atoms with Crippen LogP contribution in [0.1, 0.15) is 15.9 Å². The maximum atomic E-state index is 13.4. The molecule has 0 heterocycles. The summed E-state index contributed by atoms with van der Waals surface area (Å²) >= 11 is 0. The van der Waals surface area contributed by atoms with Crippen molar-refractivity contribution >= 4 is 27.1 Å². The van der Waals surface area contributed by atoms with E-state index in [2.05, 4.69) is 10.6 Å². The number of ether oxygens (including phenoxy) is 1. The molecule has 162 valence electrons. The molecule has 0 aliphatic heterocycles. The van der Waals surface area contributed by atoms with Crippen LogP contribution in [-0.2, 0) is 9.84 Å². The fourth-order valence-electron chi connectivity index (χ4n) is 3.10. The number of benzene rings is 3. The zero-order valence-electron chi connectivity index (χ0n) is 17.3. The van der Waals surface area contributed by atoms with Crippen LogP contribution in [-0.4, -0.2) is 39.7 Å². The Morgan fingerprint density at radius 3 is 2.32 bits per heavy atom. The number of aliphatic hydroxyl groups excluding tert-OH is 1. The number of hydrogen-bond acceptors (Lipinski definition) is 6. The van der Waals surface area contributed by atoms with Crippen LogP contribution < -0.4 is 15.4 Å². The number of sulfone groups is 1. The summed E-state index contributed by atoms with van der Waals surface area (Å²) in [6, 6.07) is 17.8. The van der Waals surface area contributed by atoms with Crippen molar-refractivity contribution < 1.29 is 23.1 Å². The molecule has 0 saturated carbocycles. The van der Waals surface area contributed by atoms with Crippen LogP contribution in [0.15, 0.2) is 76.5 Å². The largest absolute Gasteiger partial charge is 0.495 e. The van der Waals surface area contributed by atoms with Crippen molar-refractivity contribution in [2.24, 2.45) is 0 Å². The van der Waals surface area contributed by atoms with Gasteiger partial charge in [-0.2, -0.15) is 0 Å². The van der Waals surface area contributed by atoms with Gasteiger partial charge in [0.15, 0.2) is 0 Å². The number of amides is 1. The highest BCUT2D eigenvalue weighted by Crippen LogP contribution is 2.31. The van der Waals surface area contributed by atoms with E-state index >= 15 is 0 Å². The monoisotopic (exact) mass is 440 g/mol. The van der Waals surface area contributed by atoms with Gasteiger partial charge in [0.2, 0.25) is 9.84 Å². The number of hydrogen-bond donors (Lipinski definition) is 3. The highest BCUT2D eigenvalue weighted by molar-refractivity contribution is 7.91. The second-order valence-corrected chi connectivity index (χ2v) is 8.72. The molecule has 0 aliphatic carbocycles. The zero-order chi connectivity index (χ0) is 22.4. The molecule has 8 heteroatoms. The molecule has 0 spiro atoms. The molecule has 3 N–H and O–H groups in total. The second-order valence-electron chi connectivity index (χ2n) is 6.80. The lowest BCUT2D eigenvalue weighted by Crippen LogP contribution is -2.20. The van der Waals surface area contributed by atoms with Crippen molar-refractivity contribution in [2.75, 3.05) is 30.9 Å². The summed E-state index contributed by atoms with van der Waals surface area (Å²) in [5, 5.41) is 14.9. The molecule has 0 aliphatic rings. The lowest BCUT2D eigenvalue weighted by atomic mass is 10.1. The predicted molar refractivity (Wildman–Crippen MR) is 120 cm³/mol. The van der Waals surface area contributed by atoms with Crippen molar-refractivity contribution in [3.05, 3.63) is 77.9 Å². The quantitative estimate of drug-likeness (QED) is 0.495. The topological polar surface area (TPSA) is 105 Å².